The normalized spacial score (nSPS) is 24.5. The van der Waals surface area contributed by atoms with Gasteiger partial charge in [0.15, 0.2) is 9.84 Å². The minimum Gasteiger partial charge on any atom is -0.361 e. The summed E-state index contributed by atoms with van der Waals surface area (Å²) in [5.41, 5.74) is 0.652. The van der Waals surface area contributed by atoms with Crippen LogP contribution in [-0.4, -0.2) is 49.1 Å². The standard InChI is InChI=1S/C21H20ClF3N4O3S/c1-11(6-7-33(2,31)32)28-20(30)19-26-8-12(9-27-19)29-10-14-16(21(14,24)25)18(29)13-4-3-5-15(23)17(13)22/h3-9,11,14,16,18H,10H2,1-2H3,(H,28,30)/b7-6+/t11-,14+,16+,18+/m0/s1. The molecular formula is C21H20ClF3N4O3S. The fourth-order valence-electron chi connectivity index (χ4n) is 4.14. The second kappa shape index (κ2) is 8.28. The van der Waals surface area contributed by atoms with Gasteiger partial charge < -0.3 is 10.2 Å². The molecule has 1 N–H and O–H groups in total. The van der Waals surface area contributed by atoms with E-state index in [1.54, 1.807) is 11.8 Å². The summed E-state index contributed by atoms with van der Waals surface area (Å²) >= 11 is 6.10. The van der Waals surface area contributed by atoms with E-state index in [9.17, 15) is 26.4 Å². The molecule has 1 aliphatic carbocycles. The zero-order chi connectivity index (χ0) is 24.1. The summed E-state index contributed by atoms with van der Waals surface area (Å²) in [5, 5.41) is 3.32. The van der Waals surface area contributed by atoms with Crippen LogP contribution >= 0.6 is 11.6 Å². The molecule has 1 saturated carbocycles. The Kier molecular flexibility index (Phi) is 5.90. The maximum atomic E-state index is 14.2. The Hall–Kier alpha value is -2.66. The summed E-state index contributed by atoms with van der Waals surface area (Å²) in [6, 6.07) is 2.65. The van der Waals surface area contributed by atoms with Gasteiger partial charge >= 0.3 is 0 Å². The number of piperidine rings is 1. The van der Waals surface area contributed by atoms with Crippen LogP contribution in [-0.2, 0) is 9.84 Å². The monoisotopic (exact) mass is 500 g/mol. The first kappa shape index (κ1) is 23.5. The molecule has 4 atom stereocenters. The van der Waals surface area contributed by atoms with Gasteiger partial charge in [0.25, 0.3) is 11.8 Å². The molecule has 1 aromatic carbocycles. The van der Waals surface area contributed by atoms with Crippen molar-refractivity contribution in [2.24, 2.45) is 11.8 Å². The van der Waals surface area contributed by atoms with Crippen molar-refractivity contribution < 1.29 is 26.4 Å². The van der Waals surface area contributed by atoms with Crippen LogP contribution in [0.5, 0.6) is 0 Å². The molecule has 1 aliphatic heterocycles. The molecule has 7 nitrogen and oxygen atoms in total. The molecule has 33 heavy (non-hydrogen) atoms. The number of nitrogens with one attached hydrogen (secondary N) is 1. The topological polar surface area (TPSA) is 92.3 Å². The summed E-state index contributed by atoms with van der Waals surface area (Å²) in [7, 11) is -3.33. The predicted octanol–water partition coefficient (Wildman–Crippen LogP) is 3.39. The fourth-order valence-corrected chi connectivity index (χ4v) is 4.90. The lowest BCUT2D eigenvalue weighted by molar-refractivity contribution is 0.0719. The number of aromatic nitrogens is 2. The van der Waals surface area contributed by atoms with Gasteiger partial charge in [-0.25, -0.2) is 31.6 Å². The summed E-state index contributed by atoms with van der Waals surface area (Å²) in [6.45, 7) is 1.59. The number of carbonyl (C=O) groups is 1. The zero-order valence-corrected chi connectivity index (χ0v) is 19.1. The maximum Gasteiger partial charge on any atom is 0.289 e. The highest BCUT2D eigenvalue weighted by Gasteiger charge is 2.76. The van der Waals surface area contributed by atoms with E-state index < -0.39 is 51.4 Å². The van der Waals surface area contributed by atoms with Crippen LogP contribution in [0.3, 0.4) is 0 Å². The largest absolute Gasteiger partial charge is 0.361 e. The van der Waals surface area contributed by atoms with E-state index in [4.69, 9.17) is 11.6 Å². The molecule has 0 spiro atoms. The second-order valence-corrected chi connectivity index (χ2v) is 10.5. The van der Waals surface area contributed by atoms with Crippen LogP contribution in [0, 0.1) is 17.7 Å². The van der Waals surface area contributed by atoms with Crippen LogP contribution in [0.25, 0.3) is 0 Å². The van der Waals surface area contributed by atoms with Crippen LogP contribution in [0.1, 0.15) is 29.1 Å². The average molecular weight is 501 g/mol. The average Bonchev–Trinajstić information content (AvgIpc) is 3.08. The molecule has 2 aliphatic rings. The number of benzene rings is 1. The molecule has 2 aromatic rings. The van der Waals surface area contributed by atoms with E-state index in [0.717, 1.165) is 17.7 Å². The number of carbonyl (C=O) groups excluding carboxylic acids is 1. The van der Waals surface area contributed by atoms with E-state index in [1.807, 2.05) is 0 Å². The van der Waals surface area contributed by atoms with Gasteiger partial charge in [-0.2, -0.15) is 0 Å². The minimum absolute atomic E-state index is 0.0113. The lowest BCUT2D eigenvalue weighted by Crippen LogP contribution is -2.33. The molecule has 1 aromatic heterocycles. The van der Waals surface area contributed by atoms with Crippen molar-refractivity contribution in [1.82, 2.24) is 15.3 Å². The summed E-state index contributed by atoms with van der Waals surface area (Å²) in [6.07, 6.45) is 5.01. The van der Waals surface area contributed by atoms with E-state index in [0.29, 0.717) is 5.69 Å². The number of alkyl halides is 2. The maximum absolute atomic E-state index is 14.2. The lowest BCUT2D eigenvalue weighted by Gasteiger charge is -2.31. The van der Waals surface area contributed by atoms with E-state index in [2.05, 4.69) is 15.3 Å². The molecule has 0 radical (unpaired) electrons. The first-order valence-electron chi connectivity index (χ1n) is 9.99. The Labute approximate surface area is 193 Å². The minimum atomic E-state index is -3.33. The number of hydrogen-bond acceptors (Lipinski definition) is 6. The van der Waals surface area contributed by atoms with Crippen LogP contribution in [0.2, 0.25) is 5.02 Å². The quantitative estimate of drug-likeness (QED) is 0.653. The Morgan fingerprint density at radius 2 is 2.00 bits per heavy atom. The summed E-state index contributed by atoms with van der Waals surface area (Å²) < 4.78 is 64.9. The molecule has 4 rings (SSSR count). The number of nitrogens with zero attached hydrogens (tertiary/aromatic N) is 3. The molecular weight excluding hydrogens is 481 g/mol. The van der Waals surface area contributed by atoms with Crippen LogP contribution in [0.15, 0.2) is 42.1 Å². The smallest absolute Gasteiger partial charge is 0.289 e. The highest BCUT2D eigenvalue weighted by atomic mass is 35.5. The fraction of sp³-hybridized carbons (Fsp3) is 0.381. The van der Waals surface area contributed by atoms with Gasteiger partial charge in [-0.1, -0.05) is 29.8 Å². The van der Waals surface area contributed by atoms with Gasteiger partial charge in [0.2, 0.25) is 5.82 Å². The molecule has 12 heteroatoms. The van der Waals surface area contributed by atoms with Crippen molar-refractivity contribution in [1.29, 1.82) is 0 Å². The van der Waals surface area contributed by atoms with E-state index >= 15 is 0 Å². The van der Waals surface area contributed by atoms with E-state index in [-0.39, 0.29) is 23.0 Å². The molecule has 0 unspecified atom stereocenters. The van der Waals surface area contributed by atoms with E-state index in [1.165, 1.54) is 30.6 Å². The highest BCUT2D eigenvalue weighted by Crippen LogP contribution is 2.67. The highest BCUT2D eigenvalue weighted by molar-refractivity contribution is 7.93. The van der Waals surface area contributed by atoms with Gasteiger partial charge in [-0.05, 0) is 18.6 Å². The van der Waals surface area contributed by atoms with Gasteiger partial charge in [0.05, 0.1) is 41.0 Å². The van der Waals surface area contributed by atoms with Crippen LogP contribution in [0.4, 0.5) is 18.9 Å². The van der Waals surface area contributed by atoms with Gasteiger partial charge in [-0.3, -0.25) is 4.79 Å². The lowest BCUT2D eigenvalue weighted by atomic mass is 10.0. The Bertz CT molecular complexity index is 1220. The molecule has 1 amide bonds. The third-order valence-electron chi connectivity index (χ3n) is 5.78. The number of halogens is 4. The Morgan fingerprint density at radius 1 is 1.33 bits per heavy atom. The Morgan fingerprint density at radius 3 is 2.64 bits per heavy atom. The third kappa shape index (κ3) is 4.56. The summed E-state index contributed by atoms with van der Waals surface area (Å²) in [4.78, 5) is 22.0. The molecule has 0 bridgehead atoms. The van der Waals surface area contributed by atoms with Gasteiger partial charge in [0.1, 0.15) is 5.82 Å². The van der Waals surface area contributed by atoms with Crippen molar-refractivity contribution in [3.63, 3.8) is 0 Å². The van der Waals surface area contributed by atoms with Gasteiger partial charge in [0, 0.05) is 24.3 Å². The number of sulfone groups is 1. The van der Waals surface area contributed by atoms with Crippen molar-refractivity contribution in [2.75, 3.05) is 17.7 Å². The number of hydrogen-bond donors (Lipinski definition) is 1. The second-order valence-electron chi connectivity index (χ2n) is 8.23. The predicted molar refractivity (Wildman–Crippen MR) is 116 cm³/mol. The van der Waals surface area contributed by atoms with Gasteiger partial charge in [-0.15, -0.1) is 0 Å². The van der Waals surface area contributed by atoms with Crippen molar-refractivity contribution in [3.8, 4) is 0 Å². The summed E-state index contributed by atoms with van der Waals surface area (Å²) in [5.74, 6) is -6.27. The first-order chi connectivity index (χ1) is 15.4. The molecule has 2 fully saturated rings. The molecule has 2 heterocycles. The van der Waals surface area contributed by atoms with Crippen molar-refractivity contribution in [2.45, 2.75) is 24.9 Å². The molecule has 176 valence electrons. The van der Waals surface area contributed by atoms with Crippen LogP contribution < -0.4 is 10.2 Å². The number of amides is 1. The number of anilines is 1. The van der Waals surface area contributed by atoms with Crippen molar-refractivity contribution in [3.05, 3.63) is 64.3 Å². The Balaban J connectivity index is 1.54. The first-order valence-corrected chi connectivity index (χ1v) is 12.3. The number of fused-ring (bicyclic) bond motifs is 1. The SMILES string of the molecule is C[C@@H](/C=C/S(C)(=O)=O)NC(=O)c1ncc(N2C[C@@H]3[C@H]([C@H]2c2cccc(F)c2Cl)C3(F)F)cn1. The third-order valence-corrected chi connectivity index (χ3v) is 6.83. The molecule has 1 saturated heterocycles. The zero-order valence-electron chi connectivity index (χ0n) is 17.5. The number of rotatable bonds is 6. The van der Waals surface area contributed by atoms with Crippen molar-refractivity contribution >= 4 is 33.0 Å².